The van der Waals surface area contributed by atoms with Gasteiger partial charge in [0.1, 0.15) is 11.6 Å². The van der Waals surface area contributed by atoms with E-state index in [0.29, 0.717) is 37.4 Å². The standard InChI is InChI=1S/C16H25FN2O3.C16H25N3.2C2H6/c1-12(18-11-20)8-19(13(2)10-21-3)9-14-15(17)6-5-7-16(14)22-4;1-7-14(10-9-13(3)4)16(19-18-6)15(8-2)11-12-17-5;2*1-2/h5-7,11-13H,8-10H2,1-4H3,(H,18,20);7-9,11-12,18H,5,10H2,1-4,6H3;2*1-2H3/b;12-11-,14-7+,15-8+,19-16+;;/t12-,13-;;;/m1.../s1. The Labute approximate surface area is 274 Å². The van der Waals surface area contributed by atoms with E-state index in [2.05, 4.69) is 58.5 Å². The number of nitrogens with zero attached hydrogens (tertiary/aromatic N) is 3. The molecule has 1 aromatic carbocycles. The second-order valence-electron chi connectivity index (χ2n) is 9.57. The number of hydrazone groups is 1. The van der Waals surface area contributed by atoms with Crippen molar-refractivity contribution in [3.8, 4) is 5.75 Å². The van der Waals surface area contributed by atoms with E-state index in [0.717, 1.165) is 17.7 Å². The zero-order valence-electron chi connectivity index (χ0n) is 30.3. The third kappa shape index (κ3) is 20.2. The Kier molecular flexibility index (Phi) is 31.1. The van der Waals surface area contributed by atoms with Gasteiger partial charge in [0.25, 0.3) is 0 Å². The molecule has 0 bridgehead atoms. The lowest BCUT2D eigenvalue weighted by atomic mass is 9.98. The van der Waals surface area contributed by atoms with Crippen molar-refractivity contribution < 1.29 is 18.7 Å². The van der Waals surface area contributed by atoms with Crippen LogP contribution in [0.1, 0.15) is 81.2 Å². The topological polar surface area (TPSA) is 87.6 Å². The lowest BCUT2D eigenvalue weighted by Gasteiger charge is -2.31. The van der Waals surface area contributed by atoms with Crippen molar-refractivity contribution in [3.63, 3.8) is 0 Å². The first-order valence-corrected chi connectivity index (χ1v) is 15.7. The molecule has 45 heavy (non-hydrogen) atoms. The molecule has 0 aliphatic rings. The van der Waals surface area contributed by atoms with Gasteiger partial charge in [0.15, 0.2) is 0 Å². The summed E-state index contributed by atoms with van der Waals surface area (Å²) in [5, 5.41) is 7.10. The van der Waals surface area contributed by atoms with Gasteiger partial charge >= 0.3 is 0 Å². The smallest absolute Gasteiger partial charge is 0.207 e. The van der Waals surface area contributed by atoms with E-state index < -0.39 is 0 Å². The Balaban J connectivity index is -0.000000712. The van der Waals surface area contributed by atoms with Crippen LogP contribution in [0.4, 0.5) is 4.39 Å². The van der Waals surface area contributed by atoms with Crippen LogP contribution in [-0.2, 0) is 16.1 Å². The highest BCUT2D eigenvalue weighted by Gasteiger charge is 2.20. The number of ether oxygens (including phenoxy) is 2. The molecule has 1 rings (SSSR count). The summed E-state index contributed by atoms with van der Waals surface area (Å²) in [5.41, 5.74) is 7.81. The van der Waals surface area contributed by atoms with Crippen molar-refractivity contribution in [2.45, 2.75) is 94.3 Å². The van der Waals surface area contributed by atoms with E-state index >= 15 is 0 Å². The fourth-order valence-corrected chi connectivity index (χ4v) is 3.90. The Morgan fingerprint density at radius 1 is 1.11 bits per heavy atom. The first-order valence-electron chi connectivity index (χ1n) is 15.7. The predicted molar refractivity (Wildman–Crippen MR) is 193 cm³/mol. The number of hydrogen-bond donors (Lipinski definition) is 2. The molecule has 1 amide bonds. The monoisotopic (exact) mass is 631 g/mol. The van der Waals surface area contributed by atoms with Crippen LogP contribution in [0.2, 0.25) is 0 Å². The number of hydrogen-bond acceptors (Lipinski definition) is 7. The minimum atomic E-state index is -0.301. The number of allylic oxidation sites excluding steroid dienone is 7. The molecular formula is C36H62FN5O3. The van der Waals surface area contributed by atoms with E-state index in [4.69, 9.17) is 9.47 Å². The average Bonchev–Trinajstić information content (AvgIpc) is 3.04. The third-order valence-electron chi connectivity index (χ3n) is 6.10. The zero-order valence-corrected chi connectivity index (χ0v) is 30.3. The van der Waals surface area contributed by atoms with Crippen molar-refractivity contribution in [3.05, 3.63) is 76.8 Å². The number of benzene rings is 1. The van der Waals surface area contributed by atoms with Crippen molar-refractivity contribution in [2.24, 2.45) is 10.1 Å². The molecule has 0 aliphatic carbocycles. The summed E-state index contributed by atoms with van der Waals surface area (Å²) in [4.78, 5) is 16.4. The van der Waals surface area contributed by atoms with Gasteiger partial charge in [-0.3, -0.25) is 14.7 Å². The van der Waals surface area contributed by atoms with Crippen LogP contribution in [0.3, 0.4) is 0 Å². The van der Waals surface area contributed by atoms with E-state index in [-0.39, 0.29) is 17.9 Å². The van der Waals surface area contributed by atoms with Crippen LogP contribution in [0.5, 0.6) is 5.75 Å². The van der Waals surface area contributed by atoms with Gasteiger partial charge in [0.2, 0.25) is 6.41 Å². The second-order valence-corrected chi connectivity index (χ2v) is 9.57. The minimum absolute atomic E-state index is 0.0467. The van der Waals surface area contributed by atoms with Crippen LogP contribution in [0.25, 0.3) is 0 Å². The molecular weight excluding hydrogens is 569 g/mol. The maximum Gasteiger partial charge on any atom is 0.207 e. The first-order chi connectivity index (χ1) is 21.6. The molecule has 9 heteroatoms. The summed E-state index contributed by atoms with van der Waals surface area (Å²) in [6.45, 7) is 25.1. The molecule has 0 fully saturated rings. The van der Waals surface area contributed by atoms with E-state index in [9.17, 15) is 9.18 Å². The minimum Gasteiger partial charge on any atom is -0.496 e. The molecule has 2 N–H and O–H groups in total. The predicted octanol–water partition coefficient (Wildman–Crippen LogP) is 7.88. The summed E-state index contributed by atoms with van der Waals surface area (Å²) in [7, 11) is 4.96. The fraction of sp³-hybridized carbons (Fsp3) is 0.528. The molecule has 0 saturated carbocycles. The van der Waals surface area contributed by atoms with Crippen molar-refractivity contribution >= 4 is 18.8 Å². The third-order valence-corrected chi connectivity index (χ3v) is 6.10. The summed E-state index contributed by atoms with van der Waals surface area (Å²) in [6, 6.07) is 4.81. The van der Waals surface area contributed by atoms with Crippen molar-refractivity contribution in [1.82, 2.24) is 15.6 Å². The van der Waals surface area contributed by atoms with Crippen LogP contribution in [-0.4, -0.2) is 70.2 Å². The van der Waals surface area contributed by atoms with Crippen molar-refractivity contribution in [1.29, 1.82) is 0 Å². The van der Waals surface area contributed by atoms with Crippen LogP contribution in [0, 0.1) is 5.82 Å². The molecule has 8 nitrogen and oxygen atoms in total. The molecule has 0 saturated heterocycles. The average molecular weight is 632 g/mol. The lowest BCUT2D eigenvalue weighted by Crippen LogP contribution is -2.44. The highest BCUT2D eigenvalue weighted by atomic mass is 19.1. The molecule has 1 aromatic rings. The van der Waals surface area contributed by atoms with Gasteiger partial charge in [-0.05, 0) is 84.0 Å². The molecule has 0 heterocycles. The second kappa shape index (κ2) is 30.5. The van der Waals surface area contributed by atoms with Crippen molar-refractivity contribution in [2.75, 3.05) is 34.4 Å². The van der Waals surface area contributed by atoms with E-state index in [1.165, 1.54) is 24.3 Å². The van der Waals surface area contributed by atoms with Gasteiger partial charge in [-0.25, -0.2) is 4.39 Å². The number of carbonyl (C=O) groups is 1. The molecule has 0 spiro atoms. The number of methoxy groups -OCH3 is 2. The molecule has 2 atom stereocenters. The number of carbonyl (C=O) groups excluding carboxylic acids is 1. The number of nitrogens with one attached hydrogen (secondary N) is 2. The van der Waals surface area contributed by atoms with Gasteiger partial charge in [-0.15, -0.1) is 0 Å². The number of aliphatic imine (C=N–C) groups is 1. The number of rotatable bonds is 17. The Morgan fingerprint density at radius 2 is 1.76 bits per heavy atom. The number of amides is 1. The molecule has 256 valence electrons. The fourth-order valence-electron chi connectivity index (χ4n) is 3.90. The molecule has 0 radical (unpaired) electrons. The van der Waals surface area contributed by atoms with Crippen LogP contribution >= 0.6 is 0 Å². The van der Waals surface area contributed by atoms with E-state index in [1.54, 1.807) is 32.5 Å². The SMILES string of the molecule is C=N\C=C/C(=C\C)C(=N/NC)/C(=C/C)CC=C(C)C.CC.CC.COC[C@@H](C)N(Cc1c(F)cccc1OC)C[C@@H](C)NC=O. The number of halogens is 1. The summed E-state index contributed by atoms with van der Waals surface area (Å²) < 4.78 is 24.6. The summed E-state index contributed by atoms with van der Waals surface area (Å²) in [6.07, 6.45) is 11.4. The highest BCUT2D eigenvalue weighted by molar-refractivity contribution is 6.14. The summed E-state index contributed by atoms with van der Waals surface area (Å²) >= 11 is 0. The Hall–Kier alpha value is -3.56. The quantitative estimate of drug-likeness (QED) is 0.0601. The van der Waals surface area contributed by atoms with Gasteiger partial charge in [-0.1, -0.05) is 57.6 Å². The van der Waals surface area contributed by atoms with Crippen LogP contribution < -0.4 is 15.5 Å². The largest absolute Gasteiger partial charge is 0.496 e. The van der Waals surface area contributed by atoms with Gasteiger partial charge < -0.3 is 20.2 Å². The first kappa shape index (κ1) is 45.9. The van der Waals surface area contributed by atoms with Gasteiger partial charge in [-0.2, -0.15) is 5.10 Å². The maximum absolute atomic E-state index is 14.1. The van der Waals surface area contributed by atoms with Gasteiger partial charge in [0, 0.05) is 51.1 Å². The summed E-state index contributed by atoms with van der Waals surface area (Å²) in [5.74, 6) is 0.218. The normalized spacial score (nSPS) is 12.7. The van der Waals surface area contributed by atoms with Gasteiger partial charge in [0.05, 0.1) is 19.4 Å². The maximum atomic E-state index is 14.1. The molecule has 0 unspecified atom stereocenters. The highest BCUT2D eigenvalue weighted by Crippen LogP contribution is 2.24. The zero-order chi connectivity index (χ0) is 35.2. The van der Waals surface area contributed by atoms with Crippen LogP contribution in [0.15, 0.2) is 75.5 Å². The molecule has 0 aliphatic heterocycles. The molecule has 0 aromatic heterocycles. The van der Waals surface area contributed by atoms with E-state index in [1.807, 2.05) is 67.5 Å². The lowest BCUT2D eigenvalue weighted by molar-refractivity contribution is -0.110. The Bertz CT molecular complexity index is 1080. The Morgan fingerprint density at radius 3 is 2.22 bits per heavy atom.